The summed E-state index contributed by atoms with van der Waals surface area (Å²) in [5, 5.41) is 1.67. The van der Waals surface area contributed by atoms with Gasteiger partial charge in [-0.05, 0) is 37.6 Å². The number of aromatic amines is 1. The zero-order valence-electron chi connectivity index (χ0n) is 16.4. The fraction of sp³-hybridized carbons (Fsp3) is 0.333. The summed E-state index contributed by atoms with van der Waals surface area (Å²) >= 11 is 3.50. The van der Waals surface area contributed by atoms with Gasteiger partial charge < -0.3 is 19.2 Å². The van der Waals surface area contributed by atoms with Crippen LogP contribution in [-0.4, -0.2) is 30.1 Å². The minimum Gasteiger partial charge on any atom is -0.493 e. The molecule has 1 N–H and O–H groups in total. The van der Waals surface area contributed by atoms with Gasteiger partial charge in [-0.3, -0.25) is 9.59 Å². The molecule has 3 aromatic rings. The summed E-state index contributed by atoms with van der Waals surface area (Å²) in [4.78, 5) is 26.6. The largest absolute Gasteiger partial charge is 0.493 e. The van der Waals surface area contributed by atoms with E-state index in [0.29, 0.717) is 17.9 Å². The number of carbonyl (C=O) groups is 2. The number of aromatic nitrogens is 1. The van der Waals surface area contributed by atoms with Gasteiger partial charge in [0.2, 0.25) is 0 Å². The van der Waals surface area contributed by atoms with Crippen molar-refractivity contribution in [3.05, 3.63) is 33.8 Å². The molecule has 0 aliphatic carbocycles. The molecule has 0 amide bonds. The molecule has 1 atom stereocenters. The molecular formula is C21H22BrNO5. The van der Waals surface area contributed by atoms with E-state index in [1.165, 1.54) is 13.8 Å². The smallest absolute Gasteiger partial charge is 0.308 e. The number of fused-ring (bicyclic) bond motifs is 3. The van der Waals surface area contributed by atoms with Crippen molar-refractivity contribution < 1.29 is 23.8 Å². The lowest BCUT2D eigenvalue weighted by Crippen LogP contribution is -2.16. The topological polar surface area (TPSA) is 77.6 Å². The third kappa shape index (κ3) is 3.71. The van der Waals surface area contributed by atoms with Crippen LogP contribution in [0.3, 0.4) is 0 Å². The SMILES string of the molecule is COc1c(C)c(CC(C)OC(C)=O)c2[nH]c3ccc(Br)cc3c2c1OC(C)=O. The molecule has 0 spiro atoms. The van der Waals surface area contributed by atoms with Crippen LogP contribution in [0.15, 0.2) is 22.7 Å². The Hall–Kier alpha value is -2.54. The number of H-pyrrole nitrogens is 1. The number of rotatable bonds is 5. The Morgan fingerprint density at radius 3 is 2.50 bits per heavy atom. The van der Waals surface area contributed by atoms with Crippen LogP contribution in [0.1, 0.15) is 31.9 Å². The van der Waals surface area contributed by atoms with Crippen molar-refractivity contribution in [1.82, 2.24) is 4.98 Å². The van der Waals surface area contributed by atoms with E-state index in [0.717, 1.165) is 37.4 Å². The summed E-state index contributed by atoms with van der Waals surface area (Å²) in [6, 6.07) is 5.86. The molecule has 6 nitrogen and oxygen atoms in total. The highest BCUT2D eigenvalue weighted by molar-refractivity contribution is 9.10. The lowest BCUT2D eigenvalue weighted by Gasteiger charge is -2.19. The zero-order valence-corrected chi connectivity index (χ0v) is 18.0. The Balaban J connectivity index is 2.37. The van der Waals surface area contributed by atoms with Crippen LogP contribution in [-0.2, 0) is 20.7 Å². The normalized spacial score (nSPS) is 12.2. The van der Waals surface area contributed by atoms with E-state index in [2.05, 4.69) is 20.9 Å². The fourth-order valence-electron chi connectivity index (χ4n) is 3.59. The number of hydrogen-bond donors (Lipinski definition) is 1. The quantitative estimate of drug-likeness (QED) is 0.447. The molecule has 1 heterocycles. The number of hydrogen-bond acceptors (Lipinski definition) is 5. The molecule has 148 valence electrons. The summed E-state index contributed by atoms with van der Waals surface area (Å²) in [6.07, 6.45) is 0.175. The third-order valence-corrected chi connectivity index (χ3v) is 5.09. The summed E-state index contributed by atoms with van der Waals surface area (Å²) in [7, 11) is 1.55. The van der Waals surface area contributed by atoms with Crippen molar-refractivity contribution in [3.63, 3.8) is 0 Å². The Morgan fingerprint density at radius 2 is 1.89 bits per heavy atom. The highest BCUT2D eigenvalue weighted by atomic mass is 79.9. The second kappa shape index (κ2) is 7.83. The molecule has 0 radical (unpaired) electrons. The monoisotopic (exact) mass is 447 g/mol. The number of methoxy groups -OCH3 is 1. The highest BCUT2D eigenvalue weighted by Crippen LogP contribution is 2.45. The second-order valence-electron chi connectivity index (χ2n) is 6.75. The van der Waals surface area contributed by atoms with E-state index in [9.17, 15) is 9.59 Å². The molecule has 0 saturated carbocycles. The third-order valence-electron chi connectivity index (χ3n) is 4.60. The first-order chi connectivity index (χ1) is 13.2. The van der Waals surface area contributed by atoms with E-state index < -0.39 is 5.97 Å². The molecule has 0 saturated heterocycles. The molecule has 1 unspecified atom stereocenters. The summed E-state index contributed by atoms with van der Waals surface area (Å²) in [5.41, 5.74) is 3.52. The number of esters is 2. The summed E-state index contributed by atoms with van der Waals surface area (Å²) in [6.45, 7) is 6.51. The van der Waals surface area contributed by atoms with Gasteiger partial charge in [-0.2, -0.15) is 0 Å². The predicted octanol–water partition coefficient (Wildman–Crippen LogP) is 4.82. The fourth-order valence-corrected chi connectivity index (χ4v) is 3.95. The van der Waals surface area contributed by atoms with Crippen molar-refractivity contribution in [1.29, 1.82) is 0 Å². The van der Waals surface area contributed by atoms with Crippen LogP contribution in [0, 0.1) is 6.92 Å². The molecule has 0 bridgehead atoms. The molecule has 0 aliphatic heterocycles. The van der Waals surface area contributed by atoms with Gasteiger partial charge in [0.05, 0.1) is 18.0 Å². The van der Waals surface area contributed by atoms with Crippen molar-refractivity contribution >= 4 is 49.7 Å². The maximum atomic E-state index is 11.8. The summed E-state index contributed by atoms with van der Waals surface area (Å²) < 4.78 is 17.4. The average molecular weight is 448 g/mol. The highest BCUT2D eigenvalue weighted by Gasteiger charge is 2.25. The Labute approximate surface area is 171 Å². The Bertz CT molecular complexity index is 1090. The number of benzene rings is 2. The van der Waals surface area contributed by atoms with E-state index in [-0.39, 0.29) is 12.1 Å². The molecule has 1 aromatic heterocycles. The lowest BCUT2D eigenvalue weighted by molar-refractivity contribution is -0.145. The van der Waals surface area contributed by atoms with Gasteiger partial charge in [0.1, 0.15) is 6.10 Å². The van der Waals surface area contributed by atoms with E-state index in [1.807, 2.05) is 32.0 Å². The molecule has 3 rings (SSSR count). The van der Waals surface area contributed by atoms with Crippen LogP contribution < -0.4 is 9.47 Å². The molecular weight excluding hydrogens is 426 g/mol. The van der Waals surface area contributed by atoms with Crippen LogP contribution in [0.2, 0.25) is 0 Å². The van der Waals surface area contributed by atoms with Crippen LogP contribution >= 0.6 is 15.9 Å². The first kappa shape index (κ1) is 20.2. The van der Waals surface area contributed by atoms with Crippen molar-refractivity contribution in [3.8, 4) is 11.5 Å². The minimum atomic E-state index is -0.427. The van der Waals surface area contributed by atoms with Crippen molar-refractivity contribution in [2.24, 2.45) is 0 Å². The lowest BCUT2D eigenvalue weighted by atomic mass is 9.97. The maximum Gasteiger partial charge on any atom is 0.308 e. The van der Waals surface area contributed by atoms with Gasteiger partial charge in [0.15, 0.2) is 11.5 Å². The maximum absolute atomic E-state index is 11.8. The van der Waals surface area contributed by atoms with Crippen LogP contribution in [0.4, 0.5) is 0 Å². The van der Waals surface area contributed by atoms with E-state index in [4.69, 9.17) is 14.2 Å². The summed E-state index contributed by atoms with van der Waals surface area (Å²) in [5.74, 6) is 0.124. The number of halogens is 1. The zero-order chi connectivity index (χ0) is 20.6. The number of ether oxygens (including phenoxy) is 3. The molecule has 7 heteroatoms. The van der Waals surface area contributed by atoms with Gasteiger partial charge >= 0.3 is 11.9 Å². The Morgan fingerprint density at radius 1 is 1.18 bits per heavy atom. The van der Waals surface area contributed by atoms with Crippen molar-refractivity contribution in [2.45, 2.75) is 40.2 Å². The van der Waals surface area contributed by atoms with E-state index in [1.54, 1.807) is 7.11 Å². The standard InChI is InChI=1S/C21H22BrNO5/c1-10(27-12(3)24)8-15-11(2)20(26-5)21(28-13(4)25)18-16-9-14(22)6-7-17(16)23-19(15)18/h6-7,9-10,23H,8H2,1-5H3. The number of nitrogens with one attached hydrogen (secondary N) is 1. The van der Waals surface area contributed by atoms with E-state index >= 15 is 0 Å². The average Bonchev–Trinajstić information content (AvgIpc) is 2.96. The first-order valence-corrected chi connectivity index (χ1v) is 9.68. The van der Waals surface area contributed by atoms with Gasteiger partial charge in [-0.25, -0.2) is 0 Å². The Kier molecular flexibility index (Phi) is 5.65. The van der Waals surface area contributed by atoms with Crippen molar-refractivity contribution in [2.75, 3.05) is 7.11 Å². The van der Waals surface area contributed by atoms with Gasteiger partial charge in [0, 0.05) is 41.2 Å². The number of carbonyl (C=O) groups excluding carboxylic acids is 2. The van der Waals surface area contributed by atoms with Gasteiger partial charge in [0.25, 0.3) is 0 Å². The first-order valence-electron chi connectivity index (χ1n) is 8.88. The predicted molar refractivity (Wildman–Crippen MR) is 111 cm³/mol. The molecule has 0 fully saturated rings. The van der Waals surface area contributed by atoms with Gasteiger partial charge in [-0.15, -0.1) is 0 Å². The minimum absolute atomic E-state index is 0.318. The van der Waals surface area contributed by atoms with Gasteiger partial charge in [-0.1, -0.05) is 15.9 Å². The molecule has 28 heavy (non-hydrogen) atoms. The molecule has 0 aliphatic rings. The van der Waals surface area contributed by atoms with Crippen LogP contribution in [0.25, 0.3) is 21.8 Å². The second-order valence-corrected chi connectivity index (χ2v) is 7.66. The molecule has 2 aromatic carbocycles. The van der Waals surface area contributed by atoms with Crippen LogP contribution in [0.5, 0.6) is 11.5 Å².